The number of benzene rings is 3. The van der Waals surface area contributed by atoms with E-state index >= 15 is 0 Å². The molecule has 11 heteroatoms. The largest absolute Gasteiger partial charge is 0.405 e. The van der Waals surface area contributed by atoms with Crippen LogP contribution in [0.3, 0.4) is 0 Å². The number of carbonyl (C=O) groups is 3. The third-order valence-electron chi connectivity index (χ3n) is 5.79. The third kappa shape index (κ3) is 6.81. The van der Waals surface area contributed by atoms with Crippen LogP contribution in [0.15, 0.2) is 65.5 Å². The summed E-state index contributed by atoms with van der Waals surface area (Å²) < 4.78 is 5.28. The first kappa shape index (κ1) is 27.8. The Morgan fingerprint density at radius 1 is 0.872 bits per heavy atom. The van der Waals surface area contributed by atoms with Gasteiger partial charge in [0.05, 0.1) is 29.3 Å². The van der Waals surface area contributed by atoms with Crippen LogP contribution in [-0.2, 0) is 33.6 Å². The van der Waals surface area contributed by atoms with Crippen LogP contribution in [0.1, 0.15) is 30.5 Å². The zero-order valence-corrected chi connectivity index (χ0v) is 22.6. The fraction of sp³-hybridized carbons (Fsp3) is 0.179. The average Bonchev–Trinajstić information content (AvgIpc) is 2.89. The van der Waals surface area contributed by atoms with Gasteiger partial charge in [-0.05, 0) is 53.4 Å². The summed E-state index contributed by atoms with van der Waals surface area (Å²) in [4.78, 5) is 52.0. The van der Waals surface area contributed by atoms with Crippen molar-refractivity contribution < 1.29 is 19.1 Å². The Morgan fingerprint density at radius 2 is 1.44 bits per heavy atom. The Kier molecular flexibility index (Phi) is 8.63. The highest BCUT2D eigenvalue weighted by molar-refractivity contribution is 6.30. The Hall–Kier alpha value is -4.21. The monoisotopic (exact) mass is 566 g/mol. The van der Waals surface area contributed by atoms with Gasteiger partial charge in [-0.3, -0.25) is 19.2 Å². The van der Waals surface area contributed by atoms with Crippen LogP contribution in [0.5, 0.6) is 5.88 Å². The average molecular weight is 567 g/mol. The number of anilines is 1. The summed E-state index contributed by atoms with van der Waals surface area (Å²) >= 11 is 11.8. The lowest BCUT2D eigenvalue weighted by molar-refractivity contribution is -0.132. The lowest BCUT2D eigenvalue weighted by Crippen LogP contribution is -2.37. The van der Waals surface area contributed by atoms with Crippen molar-refractivity contribution in [2.75, 3.05) is 10.7 Å². The molecule has 2 amide bonds. The molecule has 1 aromatic heterocycles. The van der Waals surface area contributed by atoms with Crippen LogP contribution in [0.2, 0.25) is 10.0 Å². The molecule has 0 radical (unpaired) electrons. The van der Waals surface area contributed by atoms with Crippen molar-refractivity contribution in [1.29, 1.82) is 0 Å². The number of esters is 1. The van der Waals surface area contributed by atoms with Gasteiger partial charge in [0.15, 0.2) is 0 Å². The molecule has 0 aliphatic heterocycles. The normalized spacial score (nSPS) is 10.8. The molecule has 9 nitrogen and oxygen atoms in total. The maximum Gasteiger partial charge on any atom is 0.309 e. The number of halogens is 2. The van der Waals surface area contributed by atoms with Crippen LogP contribution in [0.4, 0.5) is 5.69 Å². The number of hydrogen-bond donors (Lipinski definition) is 2. The number of carbonyl (C=O) groups excluding carboxylic acids is 3. The molecule has 0 saturated heterocycles. The van der Waals surface area contributed by atoms with Crippen LogP contribution >= 0.6 is 23.2 Å². The number of ether oxygens (including phenoxy) is 1. The van der Waals surface area contributed by atoms with E-state index in [1.54, 1.807) is 60.7 Å². The minimum absolute atomic E-state index is 0.0324. The summed E-state index contributed by atoms with van der Waals surface area (Å²) in [5, 5.41) is 8.22. The second-order valence-electron chi connectivity index (χ2n) is 8.68. The van der Waals surface area contributed by atoms with Crippen molar-refractivity contribution in [2.45, 2.75) is 33.1 Å². The molecule has 0 saturated carbocycles. The second kappa shape index (κ2) is 12.1. The van der Waals surface area contributed by atoms with Gasteiger partial charge in [-0.1, -0.05) is 60.5 Å². The summed E-state index contributed by atoms with van der Waals surface area (Å²) in [5.74, 6) is -1.78. The fourth-order valence-corrected chi connectivity index (χ4v) is 4.24. The standard InChI is InChI=1S/C28H24Cl2N4O5/c1-3-19-8-13-22-25(26(19)31-23(36)14-17-4-9-20(29)10-5-17)28(38)34(33-27(22)39-16(2)35)32-24(37)15-18-6-11-21(30)12-7-18/h4-13H,3,14-15H2,1-2H3,(H,31,36)(H,32,37). The molecule has 39 heavy (non-hydrogen) atoms. The first-order chi connectivity index (χ1) is 18.6. The van der Waals surface area contributed by atoms with E-state index in [-0.39, 0.29) is 41.1 Å². The molecular weight excluding hydrogens is 543 g/mol. The van der Waals surface area contributed by atoms with Crippen molar-refractivity contribution in [1.82, 2.24) is 9.89 Å². The zero-order chi connectivity index (χ0) is 28.1. The maximum absolute atomic E-state index is 13.6. The van der Waals surface area contributed by atoms with Crippen LogP contribution in [0, 0.1) is 0 Å². The molecular formula is C28H24Cl2N4O5. The molecule has 2 N–H and O–H groups in total. The van der Waals surface area contributed by atoms with Gasteiger partial charge >= 0.3 is 5.97 Å². The number of hydrogen-bond acceptors (Lipinski definition) is 6. The number of fused-ring (bicyclic) bond motifs is 1. The Morgan fingerprint density at radius 3 is 1.97 bits per heavy atom. The number of rotatable bonds is 8. The van der Waals surface area contributed by atoms with Crippen molar-refractivity contribution in [3.05, 3.63) is 97.8 Å². The second-order valence-corrected chi connectivity index (χ2v) is 9.55. The Labute approximate surface area is 233 Å². The van der Waals surface area contributed by atoms with E-state index in [1.165, 1.54) is 6.92 Å². The number of aromatic nitrogens is 2. The van der Waals surface area contributed by atoms with E-state index in [1.807, 2.05) is 6.92 Å². The molecule has 0 atom stereocenters. The van der Waals surface area contributed by atoms with E-state index < -0.39 is 17.4 Å². The zero-order valence-electron chi connectivity index (χ0n) is 21.1. The topological polar surface area (TPSA) is 119 Å². The van der Waals surface area contributed by atoms with E-state index in [2.05, 4.69) is 15.8 Å². The third-order valence-corrected chi connectivity index (χ3v) is 6.30. The van der Waals surface area contributed by atoms with Gasteiger partial charge in [-0.2, -0.15) is 0 Å². The summed E-state index contributed by atoms with van der Waals surface area (Å²) in [6, 6.07) is 16.8. The first-order valence-electron chi connectivity index (χ1n) is 12.0. The minimum Gasteiger partial charge on any atom is -0.405 e. The molecule has 200 valence electrons. The van der Waals surface area contributed by atoms with Gasteiger partial charge in [-0.25, -0.2) is 5.43 Å². The Balaban J connectivity index is 1.75. The first-order valence-corrected chi connectivity index (χ1v) is 12.8. The van der Waals surface area contributed by atoms with E-state index in [0.717, 1.165) is 5.56 Å². The molecule has 4 aromatic rings. The van der Waals surface area contributed by atoms with Gasteiger partial charge in [0.1, 0.15) is 0 Å². The van der Waals surface area contributed by atoms with Crippen LogP contribution in [-0.4, -0.2) is 27.7 Å². The lowest BCUT2D eigenvalue weighted by Gasteiger charge is -2.16. The minimum atomic E-state index is -0.706. The number of amides is 2. The van der Waals surface area contributed by atoms with E-state index in [4.69, 9.17) is 27.9 Å². The van der Waals surface area contributed by atoms with Crippen molar-refractivity contribution in [2.24, 2.45) is 0 Å². The predicted molar refractivity (Wildman–Crippen MR) is 150 cm³/mol. The lowest BCUT2D eigenvalue weighted by atomic mass is 10.0. The summed E-state index contributed by atoms with van der Waals surface area (Å²) in [5.41, 5.74) is 4.04. The van der Waals surface area contributed by atoms with E-state index in [9.17, 15) is 19.2 Å². The van der Waals surface area contributed by atoms with E-state index in [0.29, 0.717) is 32.4 Å². The highest BCUT2D eigenvalue weighted by Crippen LogP contribution is 2.30. The smallest absolute Gasteiger partial charge is 0.309 e. The quantitative estimate of drug-likeness (QED) is 0.299. The molecule has 1 heterocycles. The molecule has 0 bridgehead atoms. The number of aryl methyl sites for hydroxylation is 1. The maximum atomic E-state index is 13.6. The van der Waals surface area contributed by atoms with Crippen molar-refractivity contribution in [3.8, 4) is 5.88 Å². The SMILES string of the molecule is CCc1ccc2c(OC(C)=O)nn(NC(=O)Cc3ccc(Cl)cc3)c(=O)c2c1NC(=O)Cc1ccc(Cl)cc1. The fourth-order valence-electron chi connectivity index (χ4n) is 3.98. The van der Waals surface area contributed by atoms with Crippen LogP contribution in [0.25, 0.3) is 10.8 Å². The van der Waals surface area contributed by atoms with Gasteiger partial charge in [0.25, 0.3) is 5.56 Å². The highest BCUT2D eigenvalue weighted by atomic mass is 35.5. The number of nitrogens with one attached hydrogen (secondary N) is 2. The molecule has 3 aromatic carbocycles. The molecule has 0 spiro atoms. The summed E-state index contributed by atoms with van der Waals surface area (Å²) in [6.07, 6.45) is 0.455. The highest BCUT2D eigenvalue weighted by Gasteiger charge is 2.21. The van der Waals surface area contributed by atoms with Gasteiger partial charge < -0.3 is 10.1 Å². The number of nitrogens with zero attached hydrogens (tertiary/aromatic N) is 2. The summed E-state index contributed by atoms with van der Waals surface area (Å²) in [7, 11) is 0. The van der Waals surface area contributed by atoms with Crippen molar-refractivity contribution in [3.63, 3.8) is 0 Å². The molecule has 4 rings (SSSR count). The predicted octanol–water partition coefficient (Wildman–Crippen LogP) is 4.69. The van der Waals surface area contributed by atoms with Gasteiger partial charge in [0, 0.05) is 17.0 Å². The molecule has 0 fully saturated rings. The van der Waals surface area contributed by atoms with Crippen LogP contribution < -0.4 is 21.0 Å². The van der Waals surface area contributed by atoms with Crippen molar-refractivity contribution >= 4 is 57.4 Å². The van der Waals surface area contributed by atoms with Gasteiger partial charge in [-0.15, -0.1) is 9.89 Å². The Bertz CT molecular complexity index is 1620. The van der Waals surface area contributed by atoms with Gasteiger partial charge in [0.2, 0.25) is 17.7 Å². The molecule has 0 aliphatic rings. The summed E-state index contributed by atoms with van der Waals surface area (Å²) in [6.45, 7) is 3.06. The molecule has 0 unspecified atom stereocenters. The molecule has 0 aliphatic carbocycles.